The van der Waals surface area contributed by atoms with Gasteiger partial charge in [-0.3, -0.25) is 10.2 Å². The molecule has 0 aromatic heterocycles. The summed E-state index contributed by atoms with van der Waals surface area (Å²) >= 11 is 17.4. The second kappa shape index (κ2) is 5.24. The Morgan fingerprint density at radius 3 is 2.57 bits per heavy atom. The molecule has 7 heteroatoms. The van der Waals surface area contributed by atoms with Gasteiger partial charge in [-0.25, -0.2) is 5.84 Å². The van der Waals surface area contributed by atoms with Gasteiger partial charge in [-0.1, -0.05) is 23.2 Å². The molecule has 0 heterocycles. The van der Waals surface area contributed by atoms with Crippen molar-refractivity contribution in [2.45, 2.75) is 11.3 Å². The van der Waals surface area contributed by atoms with E-state index in [4.69, 9.17) is 40.6 Å². The number of carbonyl (C=O) groups is 1. The maximum atomic E-state index is 11.2. The Labute approximate surface area is 103 Å². The Bertz CT molecular complexity index is 302. The first-order valence-electron chi connectivity index (χ1n) is 3.42. The molecule has 0 aliphatic heterocycles. The van der Waals surface area contributed by atoms with Gasteiger partial charge in [0, 0.05) is 16.5 Å². The van der Waals surface area contributed by atoms with Crippen LogP contribution in [-0.4, -0.2) is 10.8 Å². The number of hydrogen-bond donors (Lipinski definition) is 2. The lowest BCUT2D eigenvalue weighted by atomic mass is 9.99. The minimum Gasteiger partial charge on any atom is -0.292 e. The van der Waals surface area contributed by atoms with Crippen LogP contribution < -0.4 is 11.3 Å². The van der Waals surface area contributed by atoms with E-state index < -0.39 is 10.8 Å². The zero-order valence-corrected chi connectivity index (χ0v) is 9.97. The van der Waals surface area contributed by atoms with Crippen LogP contribution in [0.25, 0.3) is 0 Å². The van der Waals surface area contributed by atoms with E-state index in [9.17, 15) is 4.79 Å². The summed E-state index contributed by atoms with van der Waals surface area (Å²) in [5.74, 6) is 4.43. The number of halogens is 4. The first-order valence-corrected chi connectivity index (χ1v) is 4.56. The zero-order valence-electron chi connectivity index (χ0n) is 6.89. The predicted octanol–water partition coefficient (Wildman–Crippen LogP) is 2.02. The minimum atomic E-state index is -1.27. The van der Waals surface area contributed by atoms with E-state index in [0.717, 1.165) is 0 Å². The third-order valence-corrected chi connectivity index (χ3v) is 2.47. The second-order valence-corrected chi connectivity index (χ2v) is 4.23. The number of amides is 1. The summed E-state index contributed by atoms with van der Waals surface area (Å²) in [6.45, 7) is 0. The van der Waals surface area contributed by atoms with Crippen LogP contribution in [0.2, 0.25) is 0 Å². The maximum Gasteiger partial charge on any atom is 0.259 e. The SMILES string of the molecule is Cl.NNC(=O)C1(Cl)C=C(Cl)C=C(Cl)C1. The van der Waals surface area contributed by atoms with Crippen LogP contribution in [0.4, 0.5) is 0 Å². The molecule has 0 aromatic rings. The number of rotatable bonds is 1. The largest absolute Gasteiger partial charge is 0.292 e. The lowest BCUT2D eigenvalue weighted by Crippen LogP contribution is -2.45. The van der Waals surface area contributed by atoms with Crippen LogP contribution in [0.15, 0.2) is 22.2 Å². The molecule has 1 rings (SSSR count). The monoisotopic (exact) mass is 276 g/mol. The average Bonchev–Trinajstić information content (AvgIpc) is 2.00. The van der Waals surface area contributed by atoms with Crippen LogP contribution in [0.3, 0.4) is 0 Å². The van der Waals surface area contributed by atoms with Crippen molar-refractivity contribution < 1.29 is 4.79 Å². The first-order chi connectivity index (χ1) is 5.98. The van der Waals surface area contributed by atoms with Gasteiger partial charge in [0.1, 0.15) is 4.87 Å². The molecule has 80 valence electrons. The number of hydrogen-bond acceptors (Lipinski definition) is 2. The van der Waals surface area contributed by atoms with Crippen molar-refractivity contribution in [3.8, 4) is 0 Å². The van der Waals surface area contributed by atoms with Gasteiger partial charge in [-0.2, -0.15) is 0 Å². The molecule has 0 radical (unpaired) electrons. The molecule has 1 unspecified atom stereocenters. The molecule has 1 aliphatic carbocycles. The van der Waals surface area contributed by atoms with Crippen LogP contribution in [0.5, 0.6) is 0 Å². The van der Waals surface area contributed by atoms with Gasteiger partial charge in [0.2, 0.25) is 0 Å². The summed E-state index contributed by atoms with van der Waals surface area (Å²) in [5, 5.41) is 0.751. The fourth-order valence-corrected chi connectivity index (χ4v) is 2.17. The maximum absolute atomic E-state index is 11.2. The molecule has 1 atom stereocenters. The first kappa shape index (κ1) is 14.1. The molecule has 0 bridgehead atoms. The minimum absolute atomic E-state index is 0. The fraction of sp³-hybridized carbons (Fsp3) is 0.286. The molecule has 3 N–H and O–H groups in total. The Morgan fingerprint density at radius 1 is 1.57 bits per heavy atom. The fourth-order valence-electron chi connectivity index (χ4n) is 1.02. The van der Waals surface area contributed by atoms with E-state index in [2.05, 4.69) is 0 Å². The summed E-state index contributed by atoms with van der Waals surface area (Å²) in [7, 11) is 0. The summed E-state index contributed by atoms with van der Waals surface area (Å²) in [5.41, 5.74) is 1.96. The van der Waals surface area contributed by atoms with E-state index in [1.807, 2.05) is 5.43 Å². The lowest BCUT2D eigenvalue weighted by Gasteiger charge is -2.23. The highest BCUT2D eigenvalue weighted by Gasteiger charge is 2.36. The molecule has 0 aromatic carbocycles. The van der Waals surface area contributed by atoms with E-state index in [0.29, 0.717) is 10.1 Å². The van der Waals surface area contributed by atoms with Crippen molar-refractivity contribution in [3.05, 3.63) is 22.2 Å². The van der Waals surface area contributed by atoms with Gasteiger partial charge in [0.25, 0.3) is 5.91 Å². The van der Waals surface area contributed by atoms with Crippen LogP contribution >= 0.6 is 47.2 Å². The van der Waals surface area contributed by atoms with Gasteiger partial charge < -0.3 is 0 Å². The number of carbonyl (C=O) groups excluding carboxylic acids is 1. The highest BCUT2D eigenvalue weighted by Crippen LogP contribution is 2.35. The van der Waals surface area contributed by atoms with Gasteiger partial charge >= 0.3 is 0 Å². The highest BCUT2D eigenvalue weighted by atomic mass is 35.5. The molecular weight excluding hydrogens is 270 g/mol. The quantitative estimate of drug-likeness (QED) is 0.334. The molecule has 0 saturated carbocycles. The van der Waals surface area contributed by atoms with Crippen molar-refractivity contribution in [2.75, 3.05) is 0 Å². The highest BCUT2D eigenvalue weighted by molar-refractivity contribution is 6.41. The Balaban J connectivity index is 0.00000169. The number of allylic oxidation sites excluding steroid dienone is 3. The van der Waals surface area contributed by atoms with Crippen molar-refractivity contribution in [3.63, 3.8) is 0 Å². The van der Waals surface area contributed by atoms with Crippen molar-refractivity contribution in [1.82, 2.24) is 5.43 Å². The predicted molar refractivity (Wildman–Crippen MR) is 60.7 cm³/mol. The zero-order chi connectivity index (χ0) is 10.1. The van der Waals surface area contributed by atoms with E-state index >= 15 is 0 Å². The third kappa shape index (κ3) is 3.04. The number of alkyl halides is 1. The van der Waals surface area contributed by atoms with Crippen molar-refractivity contribution >= 4 is 53.1 Å². The Kier molecular flexibility index (Phi) is 5.26. The lowest BCUT2D eigenvalue weighted by molar-refractivity contribution is -0.122. The van der Waals surface area contributed by atoms with E-state index in [1.54, 1.807) is 0 Å². The van der Waals surface area contributed by atoms with Crippen LogP contribution in [-0.2, 0) is 4.79 Å². The summed E-state index contributed by atoms with van der Waals surface area (Å²) < 4.78 is 0. The van der Waals surface area contributed by atoms with Crippen LogP contribution in [0.1, 0.15) is 6.42 Å². The van der Waals surface area contributed by atoms with E-state index in [-0.39, 0.29) is 18.8 Å². The molecule has 14 heavy (non-hydrogen) atoms. The van der Waals surface area contributed by atoms with Crippen molar-refractivity contribution in [2.24, 2.45) is 5.84 Å². The average molecular weight is 278 g/mol. The molecule has 0 fully saturated rings. The molecule has 0 spiro atoms. The number of hydrazine groups is 1. The van der Waals surface area contributed by atoms with Gasteiger partial charge in [-0.15, -0.1) is 24.0 Å². The summed E-state index contributed by atoms with van der Waals surface area (Å²) in [6, 6.07) is 0. The molecule has 1 amide bonds. The standard InChI is InChI=1S/C7H7Cl3N2O.ClH/c8-4-1-5(9)3-7(10,2-4)6(13)12-11;/h1-2H,3,11H2,(H,12,13);1H. The third-order valence-electron chi connectivity index (χ3n) is 1.60. The molecule has 1 aliphatic rings. The number of nitrogens with two attached hydrogens (primary N) is 1. The molecule has 3 nitrogen and oxygen atoms in total. The molecule has 0 saturated heterocycles. The van der Waals surface area contributed by atoms with Crippen molar-refractivity contribution in [1.29, 1.82) is 0 Å². The normalized spacial score (nSPS) is 25.7. The second-order valence-electron chi connectivity index (χ2n) is 2.63. The summed E-state index contributed by atoms with van der Waals surface area (Å²) in [6.07, 6.45) is 3.13. The topological polar surface area (TPSA) is 55.1 Å². The smallest absolute Gasteiger partial charge is 0.259 e. The van der Waals surface area contributed by atoms with Gasteiger partial charge in [0.05, 0.1) is 0 Å². The van der Waals surface area contributed by atoms with Gasteiger partial charge in [0.15, 0.2) is 0 Å². The number of nitrogens with one attached hydrogen (secondary N) is 1. The van der Waals surface area contributed by atoms with Gasteiger partial charge in [-0.05, 0) is 12.2 Å². The molecular formula is C7H8Cl4N2O. The van der Waals surface area contributed by atoms with E-state index in [1.165, 1.54) is 12.2 Å². The Hall–Kier alpha value is 0.0700. The van der Waals surface area contributed by atoms with Crippen LogP contribution in [0, 0.1) is 0 Å². The Morgan fingerprint density at radius 2 is 2.14 bits per heavy atom. The summed E-state index contributed by atoms with van der Waals surface area (Å²) in [4.78, 5) is 9.96.